The van der Waals surface area contributed by atoms with Crippen LogP contribution in [0.5, 0.6) is 0 Å². The van der Waals surface area contributed by atoms with Crippen molar-refractivity contribution in [3.63, 3.8) is 0 Å². The van der Waals surface area contributed by atoms with Gasteiger partial charge >= 0.3 is 5.97 Å². The Morgan fingerprint density at radius 3 is 2.21 bits per heavy atom. The van der Waals surface area contributed by atoms with E-state index in [1.807, 2.05) is 54.6 Å². The summed E-state index contributed by atoms with van der Waals surface area (Å²) in [6, 6.07) is 23.4. The molecule has 0 fully saturated rings. The van der Waals surface area contributed by atoms with Gasteiger partial charge in [0, 0.05) is 15.4 Å². The predicted octanol–water partition coefficient (Wildman–Crippen LogP) is 6.56. The number of hydrogen-bond acceptors (Lipinski definition) is 3. The van der Waals surface area contributed by atoms with Gasteiger partial charge in [-0.2, -0.15) is 0 Å². The minimum Gasteiger partial charge on any atom is -0.464 e. The van der Waals surface area contributed by atoms with Crippen LogP contribution >= 0.6 is 15.9 Å². The van der Waals surface area contributed by atoms with E-state index in [9.17, 15) is 9.59 Å². The molecule has 4 rings (SSSR count). The summed E-state index contributed by atoms with van der Waals surface area (Å²) in [5.41, 5.74) is 3.73. The van der Waals surface area contributed by atoms with Crippen LogP contribution in [0.15, 0.2) is 82.1 Å². The Bertz CT molecular complexity index is 1380. The smallest absolute Gasteiger partial charge is 0.355 e. The first-order valence-corrected chi connectivity index (χ1v) is 11.6. The maximum atomic E-state index is 13.6. The molecule has 168 valence electrons. The fraction of sp³-hybridized carbons (Fsp3) is 0.214. The first kappa shape index (κ1) is 23.0. The van der Waals surface area contributed by atoms with Crippen LogP contribution in [-0.2, 0) is 16.7 Å². The molecule has 0 radical (unpaired) electrons. The SMILES string of the molecule is COC(=O)c1c(-c2ccccc2)c2cc(Br)ccc2c(=O)n1Cc1ccc(C(C)(C)C)cc1. The first-order valence-electron chi connectivity index (χ1n) is 10.8. The Morgan fingerprint density at radius 1 is 0.939 bits per heavy atom. The Morgan fingerprint density at radius 2 is 1.61 bits per heavy atom. The number of nitrogens with zero attached hydrogens (tertiary/aromatic N) is 1. The van der Waals surface area contributed by atoms with Crippen molar-refractivity contribution in [1.82, 2.24) is 4.57 Å². The highest BCUT2D eigenvalue weighted by molar-refractivity contribution is 9.10. The molecule has 0 N–H and O–H groups in total. The number of halogens is 1. The van der Waals surface area contributed by atoms with Gasteiger partial charge in [0.25, 0.3) is 5.56 Å². The zero-order valence-corrected chi connectivity index (χ0v) is 20.8. The Hall–Kier alpha value is -3.18. The second-order valence-electron chi connectivity index (χ2n) is 9.11. The first-order chi connectivity index (χ1) is 15.7. The Labute approximate surface area is 202 Å². The summed E-state index contributed by atoms with van der Waals surface area (Å²) < 4.78 is 7.53. The number of carbonyl (C=O) groups is 1. The van der Waals surface area contributed by atoms with Crippen LogP contribution < -0.4 is 5.56 Å². The summed E-state index contributed by atoms with van der Waals surface area (Å²) in [5.74, 6) is -0.542. The van der Waals surface area contributed by atoms with Crippen molar-refractivity contribution < 1.29 is 9.53 Å². The van der Waals surface area contributed by atoms with Crippen molar-refractivity contribution in [3.05, 3.63) is 104 Å². The number of methoxy groups -OCH3 is 1. The van der Waals surface area contributed by atoms with E-state index in [4.69, 9.17) is 4.74 Å². The topological polar surface area (TPSA) is 48.3 Å². The van der Waals surface area contributed by atoms with Crippen LogP contribution in [0, 0.1) is 0 Å². The third kappa shape index (κ3) is 4.51. The quantitative estimate of drug-likeness (QED) is 0.296. The van der Waals surface area contributed by atoms with Crippen molar-refractivity contribution in [2.75, 3.05) is 7.11 Å². The van der Waals surface area contributed by atoms with Crippen molar-refractivity contribution in [3.8, 4) is 11.1 Å². The molecule has 4 aromatic rings. The van der Waals surface area contributed by atoms with Crippen molar-refractivity contribution >= 4 is 32.7 Å². The summed E-state index contributed by atoms with van der Waals surface area (Å²) in [5, 5.41) is 1.26. The van der Waals surface area contributed by atoms with Crippen LogP contribution in [0.1, 0.15) is 42.4 Å². The zero-order valence-electron chi connectivity index (χ0n) is 19.2. The molecule has 33 heavy (non-hydrogen) atoms. The number of rotatable bonds is 4. The average Bonchev–Trinajstić information content (AvgIpc) is 2.80. The molecule has 0 bridgehead atoms. The Kier molecular flexibility index (Phi) is 6.26. The molecule has 1 aromatic heterocycles. The lowest BCUT2D eigenvalue weighted by Crippen LogP contribution is -2.28. The summed E-state index contributed by atoms with van der Waals surface area (Å²) in [7, 11) is 1.34. The highest BCUT2D eigenvalue weighted by atomic mass is 79.9. The minimum atomic E-state index is -0.542. The van der Waals surface area contributed by atoms with E-state index in [0.29, 0.717) is 16.3 Å². The summed E-state index contributed by atoms with van der Waals surface area (Å²) >= 11 is 3.51. The lowest BCUT2D eigenvalue weighted by atomic mass is 9.87. The second kappa shape index (κ2) is 8.99. The minimum absolute atomic E-state index is 0.0311. The van der Waals surface area contributed by atoms with Crippen LogP contribution in [0.3, 0.4) is 0 Å². The summed E-state index contributed by atoms with van der Waals surface area (Å²) in [4.78, 5) is 26.7. The monoisotopic (exact) mass is 503 g/mol. The van der Waals surface area contributed by atoms with Gasteiger partial charge in [0.05, 0.1) is 13.7 Å². The van der Waals surface area contributed by atoms with E-state index in [0.717, 1.165) is 15.6 Å². The van der Waals surface area contributed by atoms with Gasteiger partial charge in [0.15, 0.2) is 0 Å². The summed E-state index contributed by atoms with van der Waals surface area (Å²) in [6.45, 7) is 6.75. The average molecular weight is 504 g/mol. The molecule has 4 nitrogen and oxygen atoms in total. The fourth-order valence-corrected chi connectivity index (χ4v) is 4.43. The molecule has 0 aliphatic carbocycles. The van der Waals surface area contributed by atoms with Gasteiger partial charge in [0.1, 0.15) is 5.69 Å². The number of carbonyl (C=O) groups excluding carboxylic acids is 1. The largest absolute Gasteiger partial charge is 0.464 e. The number of hydrogen-bond donors (Lipinski definition) is 0. The third-order valence-corrected chi connectivity index (χ3v) is 6.33. The van der Waals surface area contributed by atoms with Gasteiger partial charge in [-0.25, -0.2) is 4.79 Å². The molecule has 0 saturated carbocycles. The molecular weight excluding hydrogens is 478 g/mol. The molecule has 3 aromatic carbocycles. The maximum Gasteiger partial charge on any atom is 0.355 e. The molecule has 0 saturated heterocycles. The number of esters is 1. The molecular formula is C28H26BrNO3. The van der Waals surface area contributed by atoms with E-state index >= 15 is 0 Å². The molecule has 5 heteroatoms. The molecule has 0 amide bonds. The third-order valence-electron chi connectivity index (χ3n) is 5.84. The lowest BCUT2D eigenvalue weighted by molar-refractivity contribution is 0.0588. The number of fused-ring (bicyclic) bond motifs is 1. The number of benzene rings is 3. The van der Waals surface area contributed by atoms with E-state index < -0.39 is 5.97 Å². The van der Waals surface area contributed by atoms with E-state index in [1.54, 1.807) is 6.07 Å². The molecule has 0 aliphatic heterocycles. The van der Waals surface area contributed by atoms with Crippen LogP contribution in [0.25, 0.3) is 21.9 Å². The van der Waals surface area contributed by atoms with Crippen molar-refractivity contribution in [2.45, 2.75) is 32.7 Å². The maximum absolute atomic E-state index is 13.6. The molecule has 0 aliphatic rings. The zero-order chi connectivity index (χ0) is 23.8. The standard InChI is InChI=1S/C28H26BrNO3/c1-28(2,3)20-12-10-18(11-13-20)17-30-25(27(32)33-4)24(19-8-6-5-7-9-19)23-16-21(29)14-15-22(23)26(30)31/h5-16H,17H2,1-4H3. The van der Waals surface area contributed by atoms with Crippen molar-refractivity contribution in [1.29, 1.82) is 0 Å². The van der Waals surface area contributed by atoms with Gasteiger partial charge in [-0.05, 0) is 45.7 Å². The number of aromatic nitrogens is 1. The van der Waals surface area contributed by atoms with E-state index in [-0.39, 0.29) is 23.2 Å². The highest BCUT2D eigenvalue weighted by Crippen LogP contribution is 2.33. The van der Waals surface area contributed by atoms with Gasteiger partial charge in [-0.3, -0.25) is 9.36 Å². The fourth-order valence-electron chi connectivity index (χ4n) is 4.07. The molecule has 0 unspecified atom stereocenters. The highest BCUT2D eigenvalue weighted by Gasteiger charge is 2.24. The van der Waals surface area contributed by atoms with Crippen LogP contribution in [0.4, 0.5) is 0 Å². The summed E-state index contributed by atoms with van der Waals surface area (Å²) in [6.07, 6.45) is 0. The normalized spacial score (nSPS) is 11.5. The number of ether oxygens (including phenoxy) is 1. The molecule has 0 atom stereocenters. The van der Waals surface area contributed by atoms with E-state index in [1.165, 1.54) is 17.2 Å². The van der Waals surface area contributed by atoms with Gasteiger partial charge in [-0.15, -0.1) is 0 Å². The van der Waals surface area contributed by atoms with Gasteiger partial charge in [-0.1, -0.05) is 91.3 Å². The van der Waals surface area contributed by atoms with Crippen molar-refractivity contribution in [2.24, 2.45) is 0 Å². The molecule has 0 spiro atoms. The number of pyridine rings is 1. The van der Waals surface area contributed by atoms with Gasteiger partial charge in [0.2, 0.25) is 0 Å². The second-order valence-corrected chi connectivity index (χ2v) is 10.0. The van der Waals surface area contributed by atoms with Crippen LogP contribution in [0.2, 0.25) is 0 Å². The predicted molar refractivity (Wildman–Crippen MR) is 137 cm³/mol. The van der Waals surface area contributed by atoms with Gasteiger partial charge < -0.3 is 4.74 Å². The van der Waals surface area contributed by atoms with Crippen LogP contribution in [-0.4, -0.2) is 17.6 Å². The molecule has 1 heterocycles. The Balaban J connectivity index is 2.01. The van der Waals surface area contributed by atoms with E-state index in [2.05, 4.69) is 48.8 Å². The lowest BCUT2D eigenvalue weighted by Gasteiger charge is -2.21.